The SMILES string of the molecule is CC[C@@H]1C2=CC=C[C@@H]2[C@@H](c2ccc(Cl)cc2)N[C@H]1C(=O)OC. The van der Waals surface area contributed by atoms with Gasteiger partial charge in [0.05, 0.1) is 7.11 Å². The lowest BCUT2D eigenvalue weighted by atomic mass is 9.74. The fourth-order valence-electron chi connectivity index (χ4n) is 3.59. The van der Waals surface area contributed by atoms with Crippen molar-refractivity contribution in [1.82, 2.24) is 5.32 Å². The van der Waals surface area contributed by atoms with Crippen molar-refractivity contribution < 1.29 is 9.53 Å². The monoisotopic (exact) mass is 317 g/mol. The highest BCUT2D eigenvalue weighted by atomic mass is 35.5. The summed E-state index contributed by atoms with van der Waals surface area (Å²) < 4.78 is 5.00. The van der Waals surface area contributed by atoms with Crippen molar-refractivity contribution in [3.05, 3.63) is 58.7 Å². The summed E-state index contributed by atoms with van der Waals surface area (Å²) in [4.78, 5) is 12.2. The van der Waals surface area contributed by atoms with Gasteiger partial charge in [-0.2, -0.15) is 0 Å². The molecule has 0 radical (unpaired) electrons. The van der Waals surface area contributed by atoms with Crippen molar-refractivity contribution in [1.29, 1.82) is 0 Å². The van der Waals surface area contributed by atoms with E-state index in [1.54, 1.807) is 0 Å². The number of carbonyl (C=O) groups is 1. The molecule has 1 N–H and O–H groups in total. The molecule has 1 aromatic rings. The molecule has 0 bridgehead atoms. The Hall–Kier alpha value is -1.58. The lowest BCUT2D eigenvalue weighted by Gasteiger charge is -2.41. The van der Waals surface area contributed by atoms with Crippen LogP contribution in [0.1, 0.15) is 24.9 Å². The van der Waals surface area contributed by atoms with E-state index in [1.165, 1.54) is 12.7 Å². The van der Waals surface area contributed by atoms with E-state index < -0.39 is 0 Å². The van der Waals surface area contributed by atoms with Gasteiger partial charge in [0.2, 0.25) is 0 Å². The van der Waals surface area contributed by atoms with Crippen molar-refractivity contribution in [2.24, 2.45) is 11.8 Å². The van der Waals surface area contributed by atoms with Gasteiger partial charge in [-0.1, -0.05) is 54.5 Å². The van der Waals surface area contributed by atoms with E-state index in [4.69, 9.17) is 16.3 Å². The maximum atomic E-state index is 12.2. The van der Waals surface area contributed by atoms with Crippen LogP contribution in [-0.4, -0.2) is 19.1 Å². The Kier molecular flexibility index (Phi) is 4.37. The number of esters is 1. The molecule has 3 rings (SSSR count). The molecule has 1 aliphatic carbocycles. The van der Waals surface area contributed by atoms with Gasteiger partial charge in [-0.05, 0) is 24.1 Å². The number of piperidine rings is 1. The maximum Gasteiger partial charge on any atom is 0.323 e. The number of methoxy groups -OCH3 is 1. The van der Waals surface area contributed by atoms with E-state index in [2.05, 4.69) is 30.5 Å². The zero-order chi connectivity index (χ0) is 15.7. The van der Waals surface area contributed by atoms with Gasteiger partial charge >= 0.3 is 5.97 Å². The lowest BCUT2D eigenvalue weighted by Crippen LogP contribution is -2.52. The summed E-state index contributed by atoms with van der Waals surface area (Å²) in [7, 11) is 1.45. The summed E-state index contributed by atoms with van der Waals surface area (Å²) in [5.74, 6) is 0.264. The van der Waals surface area contributed by atoms with Gasteiger partial charge in [-0.25, -0.2) is 0 Å². The van der Waals surface area contributed by atoms with E-state index >= 15 is 0 Å². The molecule has 1 aliphatic heterocycles. The number of rotatable bonds is 3. The van der Waals surface area contributed by atoms with Crippen LogP contribution >= 0.6 is 11.6 Å². The first kappa shape index (κ1) is 15.3. The predicted molar refractivity (Wildman–Crippen MR) is 87.6 cm³/mol. The summed E-state index contributed by atoms with van der Waals surface area (Å²) >= 11 is 5.99. The first-order valence-corrected chi connectivity index (χ1v) is 8.01. The molecule has 4 atom stereocenters. The van der Waals surface area contributed by atoms with Gasteiger partial charge in [0.15, 0.2) is 0 Å². The second-order valence-corrected chi connectivity index (χ2v) is 6.23. The van der Waals surface area contributed by atoms with Crippen LogP contribution in [-0.2, 0) is 9.53 Å². The molecule has 0 aromatic heterocycles. The molecule has 0 saturated carbocycles. The topological polar surface area (TPSA) is 38.3 Å². The molecule has 3 nitrogen and oxygen atoms in total. The van der Waals surface area contributed by atoms with Gasteiger partial charge in [-0.15, -0.1) is 0 Å². The summed E-state index contributed by atoms with van der Waals surface area (Å²) in [6.45, 7) is 2.11. The highest BCUT2D eigenvalue weighted by Gasteiger charge is 2.43. The van der Waals surface area contributed by atoms with Gasteiger partial charge < -0.3 is 4.74 Å². The molecule has 116 valence electrons. The molecule has 2 aliphatic rings. The van der Waals surface area contributed by atoms with E-state index in [-0.39, 0.29) is 29.9 Å². The van der Waals surface area contributed by atoms with E-state index in [0.29, 0.717) is 5.02 Å². The largest absolute Gasteiger partial charge is 0.468 e. The minimum Gasteiger partial charge on any atom is -0.468 e. The molecule has 1 aromatic carbocycles. The van der Waals surface area contributed by atoms with Crippen molar-refractivity contribution >= 4 is 17.6 Å². The van der Waals surface area contributed by atoms with Crippen molar-refractivity contribution in [3.8, 4) is 0 Å². The Morgan fingerprint density at radius 2 is 2.05 bits per heavy atom. The van der Waals surface area contributed by atoms with E-state index in [1.807, 2.05) is 24.3 Å². The zero-order valence-electron chi connectivity index (χ0n) is 12.8. The Labute approximate surface area is 136 Å². The minimum absolute atomic E-state index is 0.0640. The summed E-state index contributed by atoms with van der Waals surface area (Å²) in [5.41, 5.74) is 2.45. The van der Waals surface area contributed by atoms with Gasteiger partial charge in [-0.3, -0.25) is 10.1 Å². The normalized spacial score (nSPS) is 29.9. The average molecular weight is 318 g/mol. The molecule has 1 saturated heterocycles. The number of nitrogens with one attached hydrogen (secondary N) is 1. The predicted octanol–water partition coefficient (Wildman–Crippen LogP) is 3.66. The molecule has 0 unspecified atom stereocenters. The van der Waals surface area contributed by atoms with Crippen molar-refractivity contribution in [3.63, 3.8) is 0 Å². The molecule has 4 heteroatoms. The number of hydrogen-bond acceptors (Lipinski definition) is 3. The smallest absolute Gasteiger partial charge is 0.323 e. The number of ether oxygens (including phenoxy) is 1. The molecule has 0 spiro atoms. The summed E-state index contributed by atoms with van der Waals surface area (Å²) in [6, 6.07) is 7.57. The van der Waals surface area contributed by atoms with Gasteiger partial charge in [0.1, 0.15) is 6.04 Å². The standard InChI is InChI=1S/C18H20ClNO2/c1-3-13-14-5-4-6-15(14)16(20-17(13)18(21)22-2)11-7-9-12(19)10-8-11/h4-10,13,15-17,20H,3H2,1-2H3/t13-,15+,16-,17-/m1/s1. The third kappa shape index (κ3) is 2.59. The van der Waals surface area contributed by atoms with Crippen LogP contribution in [0.4, 0.5) is 0 Å². The Bertz CT molecular complexity index is 620. The van der Waals surface area contributed by atoms with Crippen LogP contribution in [0.2, 0.25) is 5.02 Å². The Morgan fingerprint density at radius 1 is 1.32 bits per heavy atom. The fraction of sp³-hybridized carbons (Fsp3) is 0.389. The minimum atomic E-state index is -0.307. The molecule has 1 fully saturated rings. The van der Waals surface area contributed by atoms with E-state index in [0.717, 1.165) is 12.0 Å². The first-order chi connectivity index (χ1) is 10.7. The van der Waals surface area contributed by atoms with Crippen LogP contribution in [0.25, 0.3) is 0 Å². The average Bonchev–Trinajstić information content (AvgIpc) is 3.03. The number of fused-ring (bicyclic) bond motifs is 1. The number of halogens is 1. The number of allylic oxidation sites excluding steroid dienone is 2. The van der Waals surface area contributed by atoms with Gasteiger partial charge in [0, 0.05) is 22.9 Å². The Morgan fingerprint density at radius 3 is 2.68 bits per heavy atom. The maximum absolute atomic E-state index is 12.2. The lowest BCUT2D eigenvalue weighted by molar-refractivity contribution is -0.145. The second kappa shape index (κ2) is 6.27. The van der Waals surface area contributed by atoms with Crippen molar-refractivity contribution in [2.75, 3.05) is 7.11 Å². The third-order valence-corrected chi connectivity index (χ3v) is 4.92. The molecular formula is C18H20ClNO2. The van der Waals surface area contributed by atoms with E-state index in [9.17, 15) is 4.79 Å². The van der Waals surface area contributed by atoms with Crippen LogP contribution in [0.3, 0.4) is 0 Å². The first-order valence-electron chi connectivity index (χ1n) is 7.63. The van der Waals surface area contributed by atoms with Crippen LogP contribution < -0.4 is 5.32 Å². The molecule has 1 heterocycles. The van der Waals surface area contributed by atoms with Gasteiger partial charge in [0.25, 0.3) is 0 Å². The quantitative estimate of drug-likeness (QED) is 0.865. The van der Waals surface area contributed by atoms with Crippen LogP contribution in [0.5, 0.6) is 0 Å². The fourth-order valence-corrected chi connectivity index (χ4v) is 3.72. The molecule has 0 amide bonds. The number of carbonyl (C=O) groups excluding carboxylic acids is 1. The highest BCUT2D eigenvalue weighted by Crippen LogP contribution is 2.43. The molecule has 22 heavy (non-hydrogen) atoms. The third-order valence-electron chi connectivity index (χ3n) is 4.66. The van der Waals surface area contributed by atoms with Crippen molar-refractivity contribution in [2.45, 2.75) is 25.4 Å². The number of benzene rings is 1. The van der Waals surface area contributed by atoms with Crippen LogP contribution in [0.15, 0.2) is 48.1 Å². The highest BCUT2D eigenvalue weighted by molar-refractivity contribution is 6.30. The van der Waals surface area contributed by atoms with Crippen LogP contribution in [0, 0.1) is 11.8 Å². The number of hydrogen-bond donors (Lipinski definition) is 1. The second-order valence-electron chi connectivity index (χ2n) is 5.79. The summed E-state index contributed by atoms with van der Waals surface area (Å²) in [6.07, 6.45) is 7.35. The summed E-state index contributed by atoms with van der Waals surface area (Å²) in [5, 5.41) is 4.22. The Balaban J connectivity index is 1.97. The zero-order valence-corrected chi connectivity index (χ0v) is 13.5. The molecular weight excluding hydrogens is 298 g/mol.